The van der Waals surface area contributed by atoms with Crippen molar-refractivity contribution in [1.29, 1.82) is 0 Å². The Morgan fingerprint density at radius 1 is 1.17 bits per heavy atom. The number of ether oxygens (including phenoxy) is 2. The lowest BCUT2D eigenvalue weighted by Gasteiger charge is -2.40. The predicted octanol–water partition coefficient (Wildman–Crippen LogP) is 5.60. The van der Waals surface area contributed by atoms with Crippen molar-refractivity contribution >= 4 is 28.5 Å². The molecule has 1 unspecified atom stereocenters. The number of hydrogen-bond donors (Lipinski definition) is 1. The normalized spacial score (nSPS) is 16.6. The second-order valence-electron chi connectivity index (χ2n) is 9.66. The second-order valence-corrected chi connectivity index (χ2v) is 10.1. The molecular weight excluding hydrogens is 476 g/mol. The van der Waals surface area contributed by atoms with Crippen LogP contribution in [0, 0.1) is 5.41 Å². The molecule has 6 nitrogen and oxygen atoms in total. The molecule has 0 aliphatic carbocycles. The minimum atomic E-state index is -0.833. The summed E-state index contributed by atoms with van der Waals surface area (Å²) in [6.45, 7) is 2.70. The first-order valence-electron chi connectivity index (χ1n) is 12.6. The van der Waals surface area contributed by atoms with E-state index in [9.17, 15) is 9.90 Å². The van der Waals surface area contributed by atoms with Gasteiger partial charge in [0.2, 0.25) is 0 Å². The highest BCUT2D eigenvalue weighted by Gasteiger charge is 2.42. The largest absolute Gasteiger partial charge is 0.497 e. The van der Waals surface area contributed by atoms with Crippen LogP contribution in [0.3, 0.4) is 0 Å². The number of aryl methyl sites for hydroxylation is 1. The monoisotopic (exact) mass is 510 g/mol. The summed E-state index contributed by atoms with van der Waals surface area (Å²) in [6.07, 6.45) is 5.25. The molecule has 3 aromatic rings. The number of carbonyl (C=O) groups is 1. The van der Waals surface area contributed by atoms with Crippen LogP contribution in [0.1, 0.15) is 49.3 Å². The number of aliphatic hydroxyl groups excluding tert-OH is 1. The van der Waals surface area contributed by atoms with E-state index in [-0.39, 0.29) is 5.97 Å². The zero-order valence-electron chi connectivity index (χ0n) is 21.1. The molecule has 4 rings (SSSR count). The maximum absolute atomic E-state index is 12.9. The number of carbonyl (C=O) groups excluding carboxylic acids is 1. The van der Waals surface area contributed by atoms with Gasteiger partial charge >= 0.3 is 5.97 Å². The van der Waals surface area contributed by atoms with Crippen LogP contribution in [0.2, 0.25) is 5.02 Å². The number of benzene rings is 2. The lowest BCUT2D eigenvalue weighted by Crippen LogP contribution is -2.45. The molecule has 1 aromatic heterocycles. The van der Waals surface area contributed by atoms with E-state index >= 15 is 0 Å². The number of rotatable bonds is 10. The van der Waals surface area contributed by atoms with Gasteiger partial charge in [-0.15, -0.1) is 0 Å². The Balaban J connectivity index is 1.40. The number of hydrogen-bond acceptors (Lipinski definition) is 6. The average Bonchev–Trinajstić information content (AvgIpc) is 2.92. The number of aliphatic hydroxyl groups is 1. The molecule has 0 saturated carbocycles. The summed E-state index contributed by atoms with van der Waals surface area (Å²) in [7, 11) is 3.05. The summed E-state index contributed by atoms with van der Waals surface area (Å²) in [4.78, 5) is 19.7. The Kier molecular flexibility index (Phi) is 8.83. The van der Waals surface area contributed by atoms with E-state index in [0.29, 0.717) is 29.2 Å². The predicted molar refractivity (Wildman–Crippen MR) is 142 cm³/mol. The lowest BCUT2D eigenvalue weighted by atomic mass is 9.74. The third kappa shape index (κ3) is 6.00. The van der Waals surface area contributed by atoms with Crippen LogP contribution < -0.4 is 4.74 Å². The van der Waals surface area contributed by atoms with E-state index in [1.54, 1.807) is 13.3 Å². The zero-order chi connectivity index (χ0) is 25.5. The molecule has 2 aromatic carbocycles. The molecule has 1 aliphatic heterocycles. The summed E-state index contributed by atoms with van der Waals surface area (Å²) in [6, 6.07) is 16.1. The van der Waals surface area contributed by atoms with Gasteiger partial charge in [-0.3, -0.25) is 9.78 Å². The third-order valence-electron chi connectivity index (χ3n) is 7.51. The summed E-state index contributed by atoms with van der Waals surface area (Å²) >= 11 is 6.49. The fourth-order valence-electron chi connectivity index (χ4n) is 5.32. The molecular formula is C29H35ClN2O4. The Morgan fingerprint density at radius 3 is 2.61 bits per heavy atom. The van der Waals surface area contributed by atoms with Gasteiger partial charge in [0.1, 0.15) is 5.75 Å². The standard InChI is InChI=1S/C29H35ClN2O4/c1-35-22-10-11-25-23(19-22)27(24(30)20-31-25)26(33)12-13-29(28(34)36-2)14-17-32(18-15-29)16-6-9-21-7-4-3-5-8-21/h3-5,7-8,10-11,19-20,26,33H,6,9,12-18H2,1-2H3. The Labute approximate surface area is 218 Å². The van der Waals surface area contributed by atoms with Gasteiger partial charge in [-0.25, -0.2) is 0 Å². The van der Waals surface area contributed by atoms with E-state index in [0.717, 1.165) is 56.2 Å². The van der Waals surface area contributed by atoms with Crippen molar-refractivity contribution in [3.8, 4) is 5.75 Å². The molecule has 2 heterocycles. The van der Waals surface area contributed by atoms with Crippen LogP contribution in [0.4, 0.5) is 0 Å². The first-order valence-corrected chi connectivity index (χ1v) is 13.0. The zero-order valence-corrected chi connectivity index (χ0v) is 21.8. The Hall–Kier alpha value is -2.67. The van der Waals surface area contributed by atoms with Gasteiger partial charge in [0.05, 0.1) is 36.3 Å². The van der Waals surface area contributed by atoms with Crippen LogP contribution >= 0.6 is 11.6 Å². The van der Waals surface area contributed by atoms with Gasteiger partial charge in [-0.2, -0.15) is 0 Å². The van der Waals surface area contributed by atoms with Crippen molar-refractivity contribution in [2.45, 2.75) is 44.6 Å². The van der Waals surface area contributed by atoms with Gasteiger partial charge in [-0.1, -0.05) is 41.9 Å². The maximum atomic E-state index is 12.9. The van der Waals surface area contributed by atoms with Gasteiger partial charge in [0.25, 0.3) is 0 Å². The molecule has 1 atom stereocenters. The van der Waals surface area contributed by atoms with Crippen molar-refractivity contribution in [3.63, 3.8) is 0 Å². The van der Waals surface area contributed by atoms with Gasteiger partial charge in [0, 0.05) is 17.1 Å². The molecule has 0 bridgehead atoms. The molecule has 1 saturated heterocycles. The molecule has 0 spiro atoms. The summed E-state index contributed by atoms with van der Waals surface area (Å²) < 4.78 is 10.6. The molecule has 36 heavy (non-hydrogen) atoms. The average molecular weight is 511 g/mol. The van der Waals surface area contributed by atoms with E-state index in [2.05, 4.69) is 34.1 Å². The van der Waals surface area contributed by atoms with E-state index in [1.807, 2.05) is 24.3 Å². The maximum Gasteiger partial charge on any atom is 0.311 e. The minimum absolute atomic E-state index is 0.189. The minimum Gasteiger partial charge on any atom is -0.497 e. The fraction of sp³-hybridized carbons (Fsp3) is 0.448. The van der Waals surface area contributed by atoms with Crippen molar-refractivity contribution in [2.24, 2.45) is 5.41 Å². The fourth-order valence-corrected chi connectivity index (χ4v) is 5.60. The number of esters is 1. The Bertz CT molecular complexity index is 1160. The summed E-state index contributed by atoms with van der Waals surface area (Å²) in [5.41, 5.74) is 2.12. The number of aromatic nitrogens is 1. The summed E-state index contributed by atoms with van der Waals surface area (Å²) in [5.74, 6) is 0.483. The first-order chi connectivity index (χ1) is 17.5. The highest BCUT2D eigenvalue weighted by molar-refractivity contribution is 6.32. The van der Waals surface area contributed by atoms with Crippen LogP contribution in [-0.2, 0) is 16.0 Å². The van der Waals surface area contributed by atoms with Crippen molar-refractivity contribution in [2.75, 3.05) is 33.9 Å². The molecule has 1 aliphatic rings. The smallest absolute Gasteiger partial charge is 0.311 e. The third-order valence-corrected chi connectivity index (χ3v) is 7.81. The van der Waals surface area contributed by atoms with E-state index < -0.39 is 11.5 Å². The van der Waals surface area contributed by atoms with Gasteiger partial charge < -0.3 is 19.5 Å². The molecule has 7 heteroatoms. The molecule has 1 fully saturated rings. The Morgan fingerprint density at radius 2 is 1.92 bits per heavy atom. The topological polar surface area (TPSA) is 71.9 Å². The van der Waals surface area contributed by atoms with E-state index in [4.69, 9.17) is 21.1 Å². The van der Waals surface area contributed by atoms with Crippen LogP contribution in [0.5, 0.6) is 5.75 Å². The number of halogens is 1. The number of likely N-dealkylation sites (tertiary alicyclic amines) is 1. The van der Waals surface area contributed by atoms with Crippen molar-refractivity contribution in [3.05, 3.63) is 70.9 Å². The van der Waals surface area contributed by atoms with Crippen molar-refractivity contribution in [1.82, 2.24) is 9.88 Å². The quantitative estimate of drug-likeness (QED) is 0.358. The number of methoxy groups -OCH3 is 2. The number of fused-ring (bicyclic) bond motifs is 1. The molecule has 1 N–H and O–H groups in total. The first kappa shape index (κ1) is 26.4. The second kappa shape index (κ2) is 12.0. The van der Waals surface area contributed by atoms with Crippen LogP contribution in [0.15, 0.2) is 54.7 Å². The summed E-state index contributed by atoms with van der Waals surface area (Å²) in [5, 5.41) is 12.4. The number of pyridine rings is 1. The highest BCUT2D eigenvalue weighted by atomic mass is 35.5. The van der Waals surface area contributed by atoms with Gasteiger partial charge in [-0.05, 0) is 81.9 Å². The molecule has 0 radical (unpaired) electrons. The SMILES string of the molecule is COC(=O)C1(CCC(O)c2c(Cl)cnc3ccc(OC)cc23)CCN(CCCc2ccccc2)CC1. The molecule has 192 valence electrons. The highest BCUT2D eigenvalue weighted by Crippen LogP contribution is 2.41. The van der Waals surface area contributed by atoms with Crippen LogP contribution in [0.25, 0.3) is 10.9 Å². The molecule has 0 amide bonds. The lowest BCUT2D eigenvalue weighted by molar-refractivity contribution is -0.157. The van der Waals surface area contributed by atoms with Gasteiger partial charge in [0.15, 0.2) is 0 Å². The van der Waals surface area contributed by atoms with Crippen LogP contribution in [-0.4, -0.2) is 54.8 Å². The number of piperidine rings is 1. The van der Waals surface area contributed by atoms with E-state index in [1.165, 1.54) is 12.7 Å². The van der Waals surface area contributed by atoms with Crippen molar-refractivity contribution < 1.29 is 19.4 Å². The number of nitrogens with zero attached hydrogens (tertiary/aromatic N) is 2.